The SMILES string of the molecule is CCOc1ccc(C(=O)NC[C@@H](c2ccco2)N2CCN(c3ccc(OC)cc3)CC2)cc1. The van der Waals surface area contributed by atoms with Crippen LogP contribution in [-0.2, 0) is 0 Å². The van der Waals surface area contributed by atoms with Gasteiger partial charge >= 0.3 is 0 Å². The molecular weight excluding hydrogens is 418 g/mol. The van der Waals surface area contributed by atoms with Crippen molar-refractivity contribution in [1.29, 1.82) is 0 Å². The molecule has 0 saturated carbocycles. The molecule has 1 atom stereocenters. The largest absolute Gasteiger partial charge is 0.497 e. The van der Waals surface area contributed by atoms with Gasteiger partial charge in [-0.2, -0.15) is 0 Å². The number of hydrogen-bond acceptors (Lipinski definition) is 6. The highest BCUT2D eigenvalue weighted by atomic mass is 16.5. The Labute approximate surface area is 194 Å². The molecule has 1 fully saturated rings. The highest BCUT2D eigenvalue weighted by Crippen LogP contribution is 2.25. The second kappa shape index (κ2) is 10.9. The van der Waals surface area contributed by atoms with Crippen LogP contribution < -0.4 is 19.7 Å². The summed E-state index contributed by atoms with van der Waals surface area (Å²) >= 11 is 0. The summed E-state index contributed by atoms with van der Waals surface area (Å²) in [6.07, 6.45) is 1.68. The Morgan fingerprint density at radius 1 is 1.00 bits per heavy atom. The van der Waals surface area contributed by atoms with Crippen molar-refractivity contribution >= 4 is 11.6 Å². The molecule has 33 heavy (non-hydrogen) atoms. The molecule has 1 aliphatic rings. The molecule has 0 unspecified atom stereocenters. The highest BCUT2D eigenvalue weighted by molar-refractivity contribution is 5.94. The Hall–Kier alpha value is -3.45. The second-order valence-electron chi connectivity index (χ2n) is 7.92. The number of anilines is 1. The Balaban J connectivity index is 1.37. The molecule has 1 aliphatic heterocycles. The molecule has 4 rings (SSSR count). The number of nitrogens with one attached hydrogen (secondary N) is 1. The lowest BCUT2D eigenvalue weighted by Gasteiger charge is -2.39. The van der Waals surface area contributed by atoms with Crippen LogP contribution in [0.2, 0.25) is 0 Å². The van der Waals surface area contributed by atoms with Gasteiger partial charge in [0.2, 0.25) is 0 Å². The number of furan rings is 1. The van der Waals surface area contributed by atoms with E-state index in [2.05, 4.69) is 27.2 Å². The summed E-state index contributed by atoms with van der Waals surface area (Å²) in [5, 5.41) is 3.08. The van der Waals surface area contributed by atoms with Crippen LogP contribution in [0.4, 0.5) is 5.69 Å². The molecule has 3 aromatic rings. The van der Waals surface area contributed by atoms with Crippen LogP contribution in [-0.4, -0.2) is 57.2 Å². The smallest absolute Gasteiger partial charge is 0.251 e. The average molecular weight is 450 g/mol. The summed E-state index contributed by atoms with van der Waals surface area (Å²) in [5.41, 5.74) is 1.80. The zero-order valence-electron chi connectivity index (χ0n) is 19.2. The van der Waals surface area contributed by atoms with Crippen molar-refractivity contribution in [3.63, 3.8) is 0 Å². The van der Waals surface area contributed by atoms with Crippen molar-refractivity contribution in [2.24, 2.45) is 0 Å². The quantitative estimate of drug-likeness (QED) is 0.533. The van der Waals surface area contributed by atoms with Gasteiger partial charge in [0.05, 0.1) is 26.0 Å². The van der Waals surface area contributed by atoms with E-state index in [9.17, 15) is 4.79 Å². The number of carbonyl (C=O) groups is 1. The van der Waals surface area contributed by atoms with Crippen molar-refractivity contribution < 1.29 is 18.7 Å². The topological polar surface area (TPSA) is 67.2 Å². The van der Waals surface area contributed by atoms with Gasteiger partial charge in [0, 0.05) is 44.0 Å². The Morgan fingerprint density at radius 2 is 1.70 bits per heavy atom. The van der Waals surface area contributed by atoms with E-state index < -0.39 is 0 Å². The third-order valence-electron chi connectivity index (χ3n) is 5.95. The van der Waals surface area contributed by atoms with E-state index in [1.165, 1.54) is 5.69 Å². The fraction of sp³-hybridized carbons (Fsp3) is 0.346. The summed E-state index contributed by atoms with van der Waals surface area (Å²) in [7, 11) is 1.68. The molecule has 1 aromatic heterocycles. The molecule has 7 nitrogen and oxygen atoms in total. The first-order chi connectivity index (χ1) is 16.2. The maximum absolute atomic E-state index is 12.7. The lowest BCUT2D eigenvalue weighted by atomic mass is 10.1. The van der Waals surface area contributed by atoms with E-state index in [-0.39, 0.29) is 11.9 Å². The van der Waals surface area contributed by atoms with E-state index >= 15 is 0 Å². The second-order valence-corrected chi connectivity index (χ2v) is 7.92. The lowest BCUT2D eigenvalue weighted by molar-refractivity contribution is 0.0923. The molecule has 174 valence electrons. The van der Waals surface area contributed by atoms with Gasteiger partial charge in [-0.3, -0.25) is 9.69 Å². The van der Waals surface area contributed by atoms with Crippen LogP contribution in [0.1, 0.15) is 29.1 Å². The van der Waals surface area contributed by atoms with Crippen LogP contribution in [0.5, 0.6) is 11.5 Å². The van der Waals surface area contributed by atoms with Gasteiger partial charge in [-0.25, -0.2) is 0 Å². The summed E-state index contributed by atoms with van der Waals surface area (Å²) in [6, 6.07) is 19.2. The van der Waals surface area contributed by atoms with Crippen molar-refractivity contribution in [1.82, 2.24) is 10.2 Å². The van der Waals surface area contributed by atoms with Crippen molar-refractivity contribution in [3.8, 4) is 11.5 Å². The van der Waals surface area contributed by atoms with Crippen LogP contribution in [0.25, 0.3) is 0 Å². The van der Waals surface area contributed by atoms with E-state index in [0.717, 1.165) is 43.4 Å². The molecule has 2 aromatic carbocycles. The Kier molecular flexibility index (Phi) is 7.52. The van der Waals surface area contributed by atoms with Gasteiger partial charge in [0.15, 0.2) is 0 Å². The fourth-order valence-corrected chi connectivity index (χ4v) is 4.14. The van der Waals surface area contributed by atoms with E-state index in [1.54, 1.807) is 25.5 Å². The number of ether oxygens (including phenoxy) is 2. The standard InChI is InChI=1S/C26H31N3O4/c1-3-32-23-10-6-20(7-11-23)26(30)27-19-24(25-5-4-18-33-25)29-16-14-28(15-17-29)21-8-12-22(31-2)13-9-21/h4-13,18,24H,3,14-17,19H2,1-2H3,(H,27,30)/t24-/m0/s1. The fourth-order valence-electron chi connectivity index (χ4n) is 4.14. The highest BCUT2D eigenvalue weighted by Gasteiger charge is 2.27. The molecule has 1 saturated heterocycles. The Bertz CT molecular complexity index is 995. The number of amides is 1. The minimum Gasteiger partial charge on any atom is -0.497 e. The molecule has 0 bridgehead atoms. The van der Waals surface area contributed by atoms with Crippen molar-refractivity contribution in [2.45, 2.75) is 13.0 Å². The monoisotopic (exact) mass is 449 g/mol. The van der Waals surface area contributed by atoms with Crippen LogP contribution >= 0.6 is 0 Å². The minimum atomic E-state index is -0.105. The molecule has 2 heterocycles. The normalized spacial score (nSPS) is 15.2. The molecule has 7 heteroatoms. The van der Waals surface area contributed by atoms with Gasteiger partial charge in [0.25, 0.3) is 5.91 Å². The molecular formula is C26H31N3O4. The first-order valence-electron chi connectivity index (χ1n) is 11.4. The predicted molar refractivity (Wildman–Crippen MR) is 128 cm³/mol. The zero-order valence-corrected chi connectivity index (χ0v) is 19.2. The average Bonchev–Trinajstić information content (AvgIpc) is 3.40. The number of benzene rings is 2. The van der Waals surface area contributed by atoms with Crippen LogP contribution in [0.3, 0.4) is 0 Å². The number of methoxy groups -OCH3 is 1. The predicted octanol–water partition coefficient (Wildman–Crippen LogP) is 3.98. The maximum Gasteiger partial charge on any atom is 0.251 e. The van der Waals surface area contributed by atoms with Crippen LogP contribution in [0.15, 0.2) is 71.3 Å². The van der Waals surface area contributed by atoms with E-state index in [4.69, 9.17) is 13.9 Å². The van der Waals surface area contributed by atoms with Gasteiger partial charge < -0.3 is 24.1 Å². The van der Waals surface area contributed by atoms with E-state index in [1.807, 2.05) is 43.3 Å². The number of piperazine rings is 1. The first kappa shape index (κ1) is 22.7. The minimum absolute atomic E-state index is 0.0235. The summed E-state index contributed by atoms with van der Waals surface area (Å²) in [6.45, 7) is 6.55. The van der Waals surface area contributed by atoms with Crippen molar-refractivity contribution in [3.05, 3.63) is 78.3 Å². The molecule has 1 N–H and O–H groups in total. The Morgan fingerprint density at radius 3 is 2.30 bits per heavy atom. The van der Waals surface area contributed by atoms with Gasteiger partial charge in [-0.15, -0.1) is 0 Å². The maximum atomic E-state index is 12.7. The van der Waals surface area contributed by atoms with Crippen molar-refractivity contribution in [2.75, 3.05) is 51.3 Å². The third kappa shape index (κ3) is 5.68. The molecule has 0 radical (unpaired) electrons. The van der Waals surface area contributed by atoms with E-state index in [0.29, 0.717) is 18.7 Å². The zero-order chi connectivity index (χ0) is 23.0. The number of nitrogens with zero attached hydrogens (tertiary/aromatic N) is 2. The van der Waals surface area contributed by atoms with Crippen LogP contribution in [0, 0.1) is 0 Å². The number of carbonyl (C=O) groups excluding carboxylic acids is 1. The van der Waals surface area contributed by atoms with Gasteiger partial charge in [0.1, 0.15) is 17.3 Å². The third-order valence-corrected chi connectivity index (χ3v) is 5.95. The summed E-state index contributed by atoms with van der Waals surface area (Å²) < 4.78 is 16.5. The molecule has 1 amide bonds. The van der Waals surface area contributed by atoms with Gasteiger partial charge in [-0.05, 0) is 67.6 Å². The summed E-state index contributed by atoms with van der Waals surface area (Å²) in [4.78, 5) is 17.5. The number of rotatable bonds is 9. The van der Waals surface area contributed by atoms with Gasteiger partial charge in [-0.1, -0.05) is 0 Å². The number of hydrogen-bond donors (Lipinski definition) is 1. The molecule has 0 spiro atoms. The lowest BCUT2D eigenvalue weighted by Crippen LogP contribution is -2.49. The first-order valence-corrected chi connectivity index (χ1v) is 11.4. The molecule has 0 aliphatic carbocycles. The summed E-state index contributed by atoms with van der Waals surface area (Å²) in [5.74, 6) is 2.38.